The standard InChI is InChI=1S/C22H23ClN2O4/c1-16(29-21(26)10-5-17-3-2-4-18(23)15-17)22(27)24-19-6-8-20(9-7-19)25-11-13-28-14-12-25/h2-10,15-16H,11-14H2,1H3,(H,24,27)/b10-5+/t16-/m0/s1. The molecule has 0 radical (unpaired) electrons. The van der Waals surface area contributed by atoms with Gasteiger partial charge in [0.2, 0.25) is 0 Å². The highest BCUT2D eigenvalue weighted by Gasteiger charge is 2.17. The van der Waals surface area contributed by atoms with Gasteiger partial charge in [0.25, 0.3) is 5.91 Å². The quantitative estimate of drug-likeness (QED) is 0.575. The Labute approximate surface area is 175 Å². The zero-order valence-electron chi connectivity index (χ0n) is 16.1. The molecule has 1 atom stereocenters. The van der Waals surface area contributed by atoms with Gasteiger partial charge in [-0.25, -0.2) is 4.79 Å². The lowest BCUT2D eigenvalue weighted by atomic mass is 10.2. The van der Waals surface area contributed by atoms with Crippen molar-refractivity contribution in [3.63, 3.8) is 0 Å². The predicted molar refractivity (Wildman–Crippen MR) is 114 cm³/mol. The van der Waals surface area contributed by atoms with Crippen LogP contribution < -0.4 is 10.2 Å². The van der Waals surface area contributed by atoms with E-state index >= 15 is 0 Å². The van der Waals surface area contributed by atoms with Gasteiger partial charge < -0.3 is 19.7 Å². The number of benzene rings is 2. The number of nitrogens with zero attached hydrogens (tertiary/aromatic N) is 1. The molecule has 3 rings (SSSR count). The van der Waals surface area contributed by atoms with Crippen molar-refractivity contribution in [1.82, 2.24) is 0 Å². The lowest BCUT2D eigenvalue weighted by Gasteiger charge is -2.28. The molecule has 6 nitrogen and oxygen atoms in total. The SMILES string of the molecule is C[C@H](OC(=O)/C=C/c1cccc(Cl)c1)C(=O)Nc1ccc(N2CCOCC2)cc1. The molecule has 1 saturated heterocycles. The van der Waals surface area contributed by atoms with Crippen LogP contribution in [0.2, 0.25) is 5.02 Å². The summed E-state index contributed by atoms with van der Waals surface area (Å²) in [4.78, 5) is 26.5. The molecule has 0 spiro atoms. The number of hydrogen-bond donors (Lipinski definition) is 1. The van der Waals surface area contributed by atoms with E-state index in [0.29, 0.717) is 23.9 Å². The van der Waals surface area contributed by atoms with Crippen LogP contribution in [0.15, 0.2) is 54.6 Å². The van der Waals surface area contributed by atoms with Crippen molar-refractivity contribution in [3.05, 3.63) is 65.2 Å². The first-order valence-corrected chi connectivity index (χ1v) is 9.77. The maximum Gasteiger partial charge on any atom is 0.331 e. The third-order valence-corrected chi connectivity index (χ3v) is 4.67. The molecule has 0 saturated carbocycles. The molecule has 1 aliphatic heterocycles. The van der Waals surface area contributed by atoms with Crippen LogP contribution >= 0.6 is 11.6 Å². The number of amides is 1. The Morgan fingerprint density at radius 3 is 2.59 bits per heavy atom. The Morgan fingerprint density at radius 1 is 1.17 bits per heavy atom. The van der Waals surface area contributed by atoms with Crippen molar-refractivity contribution in [2.45, 2.75) is 13.0 Å². The normalized spacial score (nSPS) is 15.2. The minimum Gasteiger partial charge on any atom is -0.449 e. The highest BCUT2D eigenvalue weighted by atomic mass is 35.5. The van der Waals surface area contributed by atoms with Crippen LogP contribution in [0.5, 0.6) is 0 Å². The first kappa shape index (κ1) is 20.9. The second kappa shape index (κ2) is 10.1. The molecule has 0 aromatic heterocycles. The van der Waals surface area contributed by atoms with Gasteiger partial charge in [-0.2, -0.15) is 0 Å². The lowest BCUT2D eigenvalue weighted by molar-refractivity contribution is -0.148. The number of carbonyl (C=O) groups excluding carboxylic acids is 2. The number of morpholine rings is 1. The second-order valence-electron chi connectivity index (χ2n) is 6.60. The fraction of sp³-hybridized carbons (Fsp3) is 0.273. The van der Waals surface area contributed by atoms with E-state index in [0.717, 1.165) is 24.3 Å². The van der Waals surface area contributed by atoms with Gasteiger partial charge in [0.1, 0.15) is 0 Å². The molecule has 0 aliphatic carbocycles. The topological polar surface area (TPSA) is 67.9 Å². The minimum absolute atomic E-state index is 0.395. The molecule has 1 N–H and O–H groups in total. The van der Waals surface area contributed by atoms with Gasteiger partial charge in [0.05, 0.1) is 13.2 Å². The van der Waals surface area contributed by atoms with Crippen LogP contribution in [0.25, 0.3) is 6.08 Å². The summed E-state index contributed by atoms with van der Waals surface area (Å²) in [5.41, 5.74) is 2.49. The summed E-state index contributed by atoms with van der Waals surface area (Å²) in [6.45, 7) is 4.66. The Hall–Kier alpha value is -2.83. The third-order valence-electron chi connectivity index (χ3n) is 4.43. The van der Waals surface area contributed by atoms with Crippen molar-refractivity contribution >= 4 is 40.9 Å². The van der Waals surface area contributed by atoms with E-state index in [4.69, 9.17) is 21.1 Å². The number of halogens is 1. The number of rotatable bonds is 6. The summed E-state index contributed by atoms with van der Waals surface area (Å²) >= 11 is 5.91. The molecule has 1 fully saturated rings. The maximum atomic E-state index is 12.3. The highest BCUT2D eigenvalue weighted by Crippen LogP contribution is 2.19. The van der Waals surface area contributed by atoms with Crippen LogP contribution in [-0.2, 0) is 19.1 Å². The molecule has 1 heterocycles. The molecule has 29 heavy (non-hydrogen) atoms. The van der Waals surface area contributed by atoms with E-state index in [-0.39, 0.29) is 0 Å². The Morgan fingerprint density at radius 2 is 1.90 bits per heavy atom. The molecule has 1 aliphatic rings. The van der Waals surface area contributed by atoms with Gasteiger partial charge in [0, 0.05) is 35.6 Å². The van der Waals surface area contributed by atoms with E-state index in [1.165, 1.54) is 13.0 Å². The summed E-state index contributed by atoms with van der Waals surface area (Å²) in [6.07, 6.45) is 1.93. The molecule has 7 heteroatoms. The molecule has 2 aromatic rings. The molecule has 0 bridgehead atoms. The van der Waals surface area contributed by atoms with Crippen molar-refractivity contribution in [1.29, 1.82) is 0 Å². The van der Waals surface area contributed by atoms with Gasteiger partial charge in [-0.15, -0.1) is 0 Å². The summed E-state index contributed by atoms with van der Waals surface area (Å²) < 4.78 is 10.5. The molecular formula is C22H23ClN2O4. The first-order chi connectivity index (χ1) is 14.0. The Balaban J connectivity index is 1.50. The van der Waals surface area contributed by atoms with Crippen molar-refractivity contribution in [2.24, 2.45) is 0 Å². The van der Waals surface area contributed by atoms with Crippen LogP contribution in [0.3, 0.4) is 0 Å². The zero-order chi connectivity index (χ0) is 20.6. The van der Waals surface area contributed by atoms with Crippen LogP contribution in [0.1, 0.15) is 12.5 Å². The second-order valence-corrected chi connectivity index (χ2v) is 7.04. The highest BCUT2D eigenvalue weighted by molar-refractivity contribution is 6.30. The van der Waals surface area contributed by atoms with Crippen molar-refractivity contribution in [2.75, 3.05) is 36.5 Å². The lowest BCUT2D eigenvalue weighted by Crippen LogP contribution is -2.36. The van der Waals surface area contributed by atoms with Gasteiger partial charge in [-0.05, 0) is 55.0 Å². The van der Waals surface area contributed by atoms with Gasteiger partial charge >= 0.3 is 5.97 Å². The summed E-state index contributed by atoms with van der Waals surface area (Å²) in [5, 5.41) is 3.33. The molecule has 0 unspecified atom stereocenters. The average Bonchev–Trinajstić information content (AvgIpc) is 2.73. The van der Waals surface area contributed by atoms with Crippen LogP contribution in [0, 0.1) is 0 Å². The third kappa shape index (κ3) is 6.34. The maximum absolute atomic E-state index is 12.3. The Kier molecular flexibility index (Phi) is 7.27. The average molecular weight is 415 g/mol. The van der Waals surface area contributed by atoms with Crippen LogP contribution in [-0.4, -0.2) is 44.3 Å². The monoisotopic (exact) mass is 414 g/mol. The largest absolute Gasteiger partial charge is 0.449 e. The van der Waals surface area contributed by atoms with E-state index in [2.05, 4.69) is 10.2 Å². The number of esters is 1. The molecule has 2 aromatic carbocycles. The molecule has 1 amide bonds. The van der Waals surface area contributed by atoms with E-state index in [1.54, 1.807) is 24.3 Å². The summed E-state index contributed by atoms with van der Waals surface area (Å²) in [5.74, 6) is -0.996. The number of hydrogen-bond acceptors (Lipinski definition) is 5. The number of nitrogens with one attached hydrogen (secondary N) is 1. The predicted octanol–water partition coefficient (Wildman–Crippen LogP) is 3.76. The zero-order valence-corrected chi connectivity index (χ0v) is 16.9. The van der Waals surface area contributed by atoms with E-state index < -0.39 is 18.0 Å². The summed E-state index contributed by atoms with van der Waals surface area (Å²) in [7, 11) is 0. The number of ether oxygens (including phenoxy) is 2. The smallest absolute Gasteiger partial charge is 0.331 e. The number of anilines is 2. The van der Waals surface area contributed by atoms with Gasteiger partial charge in [0.15, 0.2) is 6.10 Å². The fourth-order valence-corrected chi connectivity index (χ4v) is 3.06. The van der Waals surface area contributed by atoms with Gasteiger partial charge in [-0.1, -0.05) is 23.7 Å². The van der Waals surface area contributed by atoms with Crippen molar-refractivity contribution in [3.8, 4) is 0 Å². The van der Waals surface area contributed by atoms with Crippen molar-refractivity contribution < 1.29 is 19.1 Å². The fourth-order valence-electron chi connectivity index (χ4n) is 2.86. The van der Waals surface area contributed by atoms with Crippen LogP contribution in [0.4, 0.5) is 11.4 Å². The summed E-state index contributed by atoms with van der Waals surface area (Å²) in [6, 6.07) is 14.6. The molecular weight excluding hydrogens is 392 g/mol. The Bertz CT molecular complexity index is 877. The minimum atomic E-state index is -0.926. The van der Waals surface area contributed by atoms with Gasteiger partial charge in [-0.3, -0.25) is 4.79 Å². The number of carbonyl (C=O) groups is 2. The first-order valence-electron chi connectivity index (χ1n) is 9.39. The van der Waals surface area contributed by atoms with E-state index in [9.17, 15) is 9.59 Å². The van der Waals surface area contributed by atoms with E-state index in [1.807, 2.05) is 30.3 Å². The molecule has 152 valence electrons.